The summed E-state index contributed by atoms with van der Waals surface area (Å²) in [7, 11) is 1.65. The molecule has 0 bridgehead atoms. The zero-order chi connectivity index (χ0) is 12.0. The third kappa shape index (κ3) is 4.37. The number of hydrogen-bond donors (Lipinski definition) is 1. The zero-order valence-electron chi connectivity index (χ0n) is 10.6. The molecule has 1 aliphatic carbocycles. The maximum atomic E-state index is 5.50. The van der Waals surface area contributed by atoms with Crippen molar-refractivity contribution >= 4 is 21.5 Å². The molecule has 0 aliphatic heterocycles. The minimum Gasteiger partial charge on any atom is -0.398 e. The molecular weight excluding hydrogens is 240 g/mol. The van der Waals surface area contributed by atoms with Crippen LogP contribution in [0.2, 0.25) is 12.6 Å². The Labute approximate surface area is 106 Å². The van der Waals surface area contributed by atoms with Crippen LogP contribution >= 0.6 is 12.9 Å². The smallest absolute Gasteiger partial charge is 0.334 e. The number of hydrogen-bond acceptors (Lipinski definition) is 4. The molecule has 0 saturated heterocycles. The fourth-order valence-electron chi connectivity index (χ4n) is 2.35. The summed E-state index contributed by atoms with van der Waals surface area (Å²) in [5.74, 6) is 0.753. The third-order valence-electron chi connectivity index (χ3n) is 3.75. The van der Waals surface area contributed by atoms with Crippen molar-refractivity contribution in [2.75, 3.05) is 14.2 Å². The predicted molar refractivity (Wildman–Crippen MR) is 70.9 cm³/mol. The van der Waals surface area contributed by atoms with E-state index in [0.717, 1.165) is 24.8 Å². The van der Waals surface area contributed by atoms with Gasteiger partial charge in [-0.3, -0.25) is 0 Å². The topological polar surface area (TPSA) is 27.7 Å². The molecule has 16 heavy (non-hydrogen) atoms. The van der Waals surface area contributed by atoms with Gasteiger partial charge in [-0.15, -0.1) is 0 Å². The zero-order valence-corrected chi connectivity index (χ0v) is 12.5. The van der Waals surface area contributed by atoms with Gasteiger partial charge < -0.3 is 13.0 Å². The lowest BCUT2D eigenvalue weighted by Crippen LogP contribution is -2.36. The first-order chi connectivity index (χ1) is 7.63. The average Bonchev–Trinajstić information content (AvgIpc) is 2.36. The van der Waals surface area contributed by atoms with Gasteiger partial charge in [0.25, 0.3) is 0 Å². The van der Waals surface area contributed by atoms with Crippen molar-refractivity contribution in [3.05, 3.63) is 0 Å². The predicted octanol–water partition coefficient (Wildman–Crippen LogP) is 3.16. The first kappa shape index (κ1) is 14.5. The molecule has 0 aromatic carbocycles. The van der Waals surface area contributed by atoms with Gasteiger partial charge >= 0.3 is 8.56 Å². The molecule has 0 heterocycles. The molecule has 2 atom stereocenters. The highest BCUT2D eigenvalue weighted by atomic mass is 32.1. The minimum absolute atomic E-state index is 0.347. The second-order valence-electron chi connectivity index (χ2n) is 4.84. The highest BCUT2D eigenvalue weighted by Gasteiger charge is 2.31. The van der Waals surface area contributed by atoms with Gasteiger partial charge in [-0.05, 0) is 50.7 Å². The van der Waals surface area contributed by atoms with Crippen molar-refractivity contribution in [3.8, 4) is 0 Å². The van der Waals surface area contributed by atoms with E-state index >= 15 is 0 Å². The van der Waals surface area contributed by atoms with Crippen LogP contribution in [-0.4, -0.2) is 28.9 Å². The molecule has 3 nitrogen and oxygen atoms in total. The molecule has 0 amide bonds. The highest BCUT2D eigenvalue weighted by Crippen LogP contribution is 2.32. The second-order valence-corrected chi connectivity index (χ2v) is 8.64. The average molecular weight is 264 g/mol. The summed E-state index contributed by atoms with van der Waals surface area (Å²) >= 11 is 3.93. The lowest BCUT2D eigenvalue weighted by Gasteiger charge is -2.30. The van der Waals surface area contributed by atoms with Crippen LogP contribution in [0.15, 0.2) is 0 Å². The van der Waals surface area contributed by atoms with Gasteiger partial charge in [0.15, 0.2) is 0 Å². The van der Waals surface area contributed by atoms with Crippen LogP contribution in [0.4, 0.5) is 0 Å². The van der Waals surface area contributed by atoms with Crippen LogP contribution in [0.25, 0.3) is 0 Å². The van der Waals surface area contributed by atoms with E-state index in [2.05, 4.69) is 19.5 Å². The Morgan fingerprint density at radius 3 is 2.50 bits per heavy atom. The van der Waals surface area contributed by atoms with Gasteiger partial charge in [-0.2, -0.15) is 0 Å². The second kappa shape index (κ2) is 7.01. The molecule has 0 aromatic heterocycles. The van der Waals surface area contributed by atoms with Crippen molar-refractivity contribution < 1.29 is 13.0 Å². The van der Waals surface area contributed by atoms with Crippen LogP contribution in [0.1, 0.15) is 32.1 Å². The molecule has 0 aromatic rings. The molecule has 96 valence electrons. The number of thiol groups is 1. The standard InChI is InChI=1S/C11H24O3SSi/c1-12-16(3,13-2)8-7-10-5-4-6-11(9-10)14-15/h10-11,15H,4-9H2,1-3H3. The van der Waals surface area contributed by atoms with Crippen molar-refractivity contribution in [2.24, 2.45) is 5.92 Å². The van der Waals surface area contributed by atoms with Crippen molar-refractivity contribution in [2.45, 2.75) is 50.8 Å². The van der Waals surface area contributed by atoms with E-state index in [-0.39, 0.29) is 0 Å². The number of rotatable bonds is 6. The fraction of sp³-hybridized carbons (Fsp3) is 1.00. The Hall–Kier alpha value is 0.447. The van der Waals surface area contributed by atoms with E-state index in [9.17, 15) is 0 Å². The van der Waals surface area contributed by atoms with E-state index in [4.69, 9.17) is 13.0 Å². The van der Waals surface area contributed by atoms with Crippen LogP contribution < -0.4 is 0 Å². The van der Waals surface area contributed by atoms with Crippen molar-refractivity contribution in [1.82, 2.24) is 0 Å². The van der Waals surface area contributed by atoms with Gasteiger partial charge in [-0.25, -0.2) is 0 Å². The Bertz CT molecular complexity index is 200. The largest absolute Gasteiger partial charge is 0.398 e. The summed E-state index contributed by atoms with van der Waals surface area (Å²) in [5, 5.41) is 0. The van der Waals surface area contributed by atoms with Crippen LogP contribution in [0.5, 0.6) is 0 Å². The molecule has 1 fully saturated rings. The van der Waals surface area contributed by atoms with Crippen LogP contribution in [0.3, 0.4) is 0 Å². The van der Waals surface area contributed by atoms with E-state index < -0.39 is 8.56 Å². The van der Waals surface area contributed by atoms with Gasteiger partial charge in [0, 0.05) is 14.2 Å². The van der Waals surface area contributed by atoms with E-state index in [0.29, 0.717) is 6.10 Å². The van der Waals surface area contributed by atoms with Crippen molar-refractivity contribution in [1.29, 1.82) is 0 Å². The molecule has 5 heteroatoms. The fourth-order valence-corrected chi connectivity index (χ4v) is 4.05. The van der Waals surface area contributed by atoms with Crippen LogP contribution in [-0.2, 0) is 13.0 Å². The lowest BCUT2D eigenvalue weighted by molar-refractivity contribution is 0.146. The molecule has 1 saturated carbocycles. The van der Waals surface area contributed by atoms with E-state index in [1.165, 1.54) is 19.3 Å². The highest BCUT2D eigenvalue weighted by molar-refractivity contribution is 7.75. The first-order valence-electron chi connectivity index (χ1n) is 6.04. The summed E-state index contributed by atoms with van der Waals surface area (Å²) < 4.78 is 16.2. The Morgan fingerprint density at radius 1 is 1.25 bits per heavy atom. The Kier molecular flexibility index (Phi) is 6.36. The first-order valence-corrected chi connectivity index (χ1v) is 8.93. The van der Waals surface area contributed by atoms with E-state index in [1.807, 2.05) is 0 Å². The molecule has 1 aliphatic rings. The SMILES string of the molecule is CO[Si](C)(CCC1CCCC(OS)C1)OC. The lowest BCUT2D eigenvalue weighted by atomic mass is 9.86. The van der Waals surface area contributed by atoms with Crippen molar-refractivity contribution in [3.63, 3.8) is 0 Å². The van der Waals surface area contributed by atoms with Gasteiger partial charge in [0.1, 0.15) is 0 Å². The molecule has 0 spiro atoms. The molecule has 1 rings (SSSR count). The molecule has 2 unspecified atom stereocenters. The molecule has 0 N–H and O–H groups in total. The van der Waals surface area contributed by atoms with E-state index in [1.54, 1.807) is 14.2 Å². The monoisotopic (exact) mass is 264 g/mol. The molecular formula is C11H24O3SSi. The quantitative estimate of drug-likeness (QED) is 0.454. The summed E-state index contributed by atoms with van der Waals surface area (Å²) in [4.78, 5) is 0. The maximum absolute atomic E-state index is 5.50. The van der Waals surface area contributed by atoms with Gasteiger partial charge in [0.05, 0.1) is 6.10 Å². The Morgan fingerprint density at radius 2 is 1.94 bits per heavy atom. The minimum atomic E-state index is -1.87. The summed E-state index contributed by atoms with van der Waals surface area (Å²) in [5.41, 5.74) is 0. The molecule has 0 radical (unpaired) electrons. The summed E-state index contributed by atoms with van der Waals surface area (Å²) in [6.07, 6.45) is 6.41. The van der Waals surface area contributed by atoms with Gasteiger partial charge in [-0.1, -0.05) is 12.8 Å². The summed E-state index contributed by atoms with van der Waals surface area (Å²) in [6.45, 7) is 2.13. The normalized spacial score (nSPS) is 27.0. The van der Waals surface area contributed by atoms with Crippen LogP contribution in [0, 0.1) is 5.92 Å². The Balaban J connectivity index is 2.31. The van der Waals surface area contributed by atoms with Gasteiger partial charge in [0.2, 0.25) is 0 Å². The third-order valence-corrected chi connectivity index (χ3v) is 6.98. The maximum Gasteiger partial charge on any atom is 0.334 e. The summed E-state index contributed by atoms with van der Waals surface area (Å²) in [6, 6.07) is 1.07.